The van der Waals surface area contributed by atoms with Gasteiger partial charge in [0, 0.05) is 19.8 Å². The Kier molecular flexibility index (Phi) is 3.52. The Morgan fingerprint density at radius 3 is 2.95 bits per heavy atom. The quantitative estimate of drug-likeness (QED) is 0.865. The average Bonchev–Trinajstić information content (AvgIpc) is 2.90. The topological polar surface area (TPSA) is 59.0 Å². The minimum Gasteiger partial charge on any atom is -0.349 e. The molecule has 1 aromatic heterocycles. The molecule has 104 valence electrons. The van der Waals surface area contributed by atoms with Crippen molar-refractivity contribution >= 4 is 5.91 Å². The van der Waals surface area contributed by atoms with Crippen LogP contribution in [0.4, 0.5) is 0 Å². The number of carbonyl (C=O) groups is 1. The number of benzene rings is 1. The summed E-state index contributed by atoms with van der Waals surface area (Å²) in [4.78, 5) is 12.2. The number of nitrogens with zero attached hydrogens (tertiary/aromatic N) is 2. The van der Waals surface area contributed by atoms with Crippen LogP contribution in [0.25, 0.3) is 0 Å². The first-order valence-corrected chi connectivity index (χ1v) is 6.79. The van der Waals surface area contributed by atoms with Crippen LogP contribution in [0.5, 0.6) is 0 Å². The van der Waals surface area contributed by atoms with Crippen molar-refractivity contribution in [2.45, 2.75) is 25.6 Å². The monoisotopic (exact) mass is 270 g/mol. The van der Waals surface area contributed by atoms with E-state index >= 15 is 0 Å². The van der Waals surface area contributed by atoms with E-state index in [4.69, 9.17) is 0 Å². The molecule has 3 rings (SSSR count). The van der Waals surface area contributed by atoms with Gasteiger partial charge in [-0.25, -0.2) is 0 Å². The van der Waals surface area contributed by atoms with E-state index in [9.17, 15) is 4.79 Å². The summed E-state index contributed by atoms with van der Waals surface area (Å²) in [7, 11) is 1.87. The second kappa shape index (κ2) is 5.46. The van der Waals surface area contributed by atoms with Crippen molar-refractivity contribution in [3.8, 4) is 0 Å². The average molecular weight is 270 g/mol. The number of aryl methyl sites for hydroxylation is 1. The Morgan fingerprint density at radius 1 is 1.40 bits per heavy atom. The predicted octanol–water partition coefficient (Wildman–Crippen LogP) is 0.751. The van der Waals surface area contributed by atoms with Gasteiger partial charge in [-0.15, -0.1) is 0 Å². The number of carbonyl (C=O) groups excluding carboxylic acids is 1. The number of hydrogen-bond acceptors (Lipinski definition) is 3. The molecule has 0 saturated carbocycles. The molecule has 0 fully saturated rings. The molecule has 1 aliphatic heterocycles. The van der Waals surface area contributed by atoms with Gasteiger partial charge in [0.05, 0.1) is 18.3 Å². The molecule has 0 bridgehead atoms. The Bertz CT molecular complexity index is 620. The molecule has 2 N–H and O–H groups in total. The first-order valence-electron chi connectivity index (χ1n) is 6.79. The Morgan fingerprint density at radius 2 is 2.20 bits per heavy atom. The van der Waals surface area contributed by atoms with E-state index in [1.807, 2.05) is 31.4 Å². The molecule has 1 atom stereocenters. The van der Waals surface area contributed by atoms with Crippen molar-refractivity contribution in [2.24, 2.45) is 7.05 Å². The molecule has 5 heteroatoms. The van der Waals surface area contributed by atoms with Gasteiger partial charge in [0.25, 0.3) is 0 Å². The lowest BCUT2D eigenvalue weighted by Crippen LogP contribution is -2.47. The summed E-state index contributed by atoms with van der Waals surface area (Å²) in [6.45, 7) is 1.22. The fourth-order valence-corrected chi connectivity index (χ4v) is 2.50. The van der Waals surface area contributed by atoms with E-state index in [1.54, 1.807) is 4.68 Å². The minimum absolute atomic E-state index is 0.0326. The first kappa shape index (κ1) is 12.9. The second-order valence-corrected chi connectivity index (χ2v) is 5.10. The number of hydrogen-bond donors (Lipinski definition) is 2. The van der Waals surface area contributed by atoms with Crippen LogP contribution in [0.2, 0.25) is 0 Å². The number of nitrogens with one attached hydrogen (secondary N) is 2. The van der Waals surface area contributed by atoms with Crippen LogP contribution in [0.3, 0.4) is 0 Å². The smallest absolute Gasteiger partial charge is 0.237 e. The third kappa shape index (κ3) is 2.72. The SMILES string of the molecule is Cn1ccc(CNC(=O)[C@H]2Cc3ccccc3CN2)n1. The molecule has 0 saturated heterocycles. The van der Waals surface area contributed by atoms with Crippen LogP contribution in [0.15, 0.2) is 36.5 Å². The predicted molar refractivity (Wildman–Crippen MR) is 75.8 cm³/mol. The minimum atomic E-state index is -0.159. The maximum absolute atomic E-state index is 12.2. The van der Waals surface area contributed by atoms with E-state index in [2.05, 4.69) is 27.9 Å². The third-order valence-corrected chi connectivity index (χ3v) is 3.61. The molecule has 5 nitrogen and oxygen atoms in total. The van der Waals surface area contributed by atoms with Crippen molar-refractivity contribution in [3.63, 3.8) is 0 Å². The Balaban J connectivity index is 1.59. The summed E-state index contributed by atoms with van der Waals surface area (Å²) < 4.78 is 1.73. The molecular formula is C15H18N4O. The highest BCUT2D eigenvalue weighted by Gasteiger charge is 2.23. The van der Waals surface area contributed by atoms with E-state index in [0.717, 1.165) is 18.7 Å². The zero-order chi connectivity index (χ0) is 13.9. The zero-order valence-electron chi connectivity index (χ0n) is 11.5. The molecule has 0 unspecified atom stereocenters. The summed E-state index contributed by atoms with van der Waals surface area (Å²) in [5, 5.41) is 10.5. The second-order valence-electron chi connectivity index (χ2n) is 5.10. The highest BCUT2D eigenvalue weighted by molar-refractivity contribution is 5.82. The van der Waals surface area contributed by atoms with Crippen LogP contribution in [0, 0.1) is 0 Å². The van der Waals surface area contributed by atoms with Gasteiger partial charge in [-0.2, -0.15) is 5.10 Å². The van der Waals surface area contributed by atoms with Crippen LogP contribution in [0.1, 0.15) is 16.8 Å². The van der Waals surface area contributed by atoms with Crippen molar-refractivity contribution in [2.75, 3.05) is 0 Å². The van der Waals surface area contributed by atoms with Gasteiger partial charge in [0.2, 0.25) is 5.91 Å². The van der Waals surface area contributed by atoms with Crippen molar-refractivity contribution in [3.05, 3.63) is 53.3 Å². The van der Waals surface area contributed by atoms with E-state index in [-0.39, 0.29) is 11.9 Å². The van der Waals surface area contributed by atoms with Crippen molar-refractivity contribution < 1.29 is 4.79 Å². The number of amides is 1. The van der Waals surface area contributed by atoms with Gasteiger partial charge < -0.3 is 10.6 Å². The summed E-state index contributed by atoms with van der Waals surface area (Å²) in [5.41, 5.74) is 3.41. The molecule has 0 aliphatic carbocycles. The molecule has 0 radical (unpaired) electrons. The Hall–Kier alpha value is -2.14. The van der Waals surface area contributed by atoms with Crippen molar-refractivity contribution in [1.29, 1.82) is 0 Å². The summed E-state index contributed by atoms with van der Waals surface area (Å²) >= 11 is 0. The summed E-state index contributed by atoms with van der Waals surface area (Å²) in [6, 6.07) is 9.99. The van der Waals surface area contributed by atoms with Gasteiger partial charge in [0.15, 0.2) is 0 Å². The highest BCUT2D eigenvalue weighted by atomic mass is 16.2. The third-order valence-electron chi connectivity index (χ3n) is 3.61. The normalized spacial score (nSPS) is 17.6. The van der Waals surface area contributed by atoms with Gasteiger partial charge in [-0.1, -0.05) is 24.3 Å². The van der Waals surface area contributed by atoms with Gasteiger partial charge in [-0.05, 0) is 23.6 Å². The fraction of sp³-hybridized carbons (Fsp3) is 0.333. The molecule has 20 heavy (non-hydrogen) atoms. The molecule has 0 spiro atoms. The van der Waals surface area contributed by atoms with Crippen LogP contribution in [-0.2, 0) is 31.4 Å². The standard InChI is InChI=1S/C15H18N4O/c1-19-7-6-13(18-19)10-17-15(20)14-8-11-4-2-3-5-12(11)9-16-14/h2-7,14,16H,8-10H2,1H3,(H,17,20)/t14-/m1/s1. The van der Waals surface area contributed by atoms with Crippen LogP contribution in [-0.4, -0.2) is 21.7 Å². The zero-order valence-corrected chi connectivity index (χ0v) is 11.5. The largest absolute Gasteiger partial charge is 0.349 e. The van der Waals surface area contributed by atoms with Crippen molar-refractivity contribution in [1.82, 2.24) is 20.4 Å². The lowest BCUT2D eigenvalue weighted by atomic mass is 9.95. The number of aromatic nitrogens is 2. The number of rotatable bonds is 3. The molecule has 1 aromatic carbocycles. The lowest BCUT2D eigenvalue weighted by Gasteiger charge is -2.25. The summed E-state index contributed by atoms with van der Waals surface area (Å²) in [6.07, 6.45) is 2.61. The first-order chi connectivity index (χ1) is 9.72. The lowest BCUT2D eigenvalue weighted by molar-refractivity contribution is -0.123. The highest BCUT2D eigenvalue weighted by Crippen LogP contribution is 2.16. The van der Waals surface area contributed by atoms with Crippen LogP contribution >= 0.6 is 0 Å². The van der Waals surface area contributed by atoms with E-state index < -0.39 is 0 Å². The van der Waals surface area contributed by atoms with Gasteiger partial charge in [-0.3, -0.25) is 9.48 Å². The van der Waals surface area contributed by atoms with Gasteiger partial charge >= 0.3 is 0 Å². The number of fused-ring (bicyclic) bond motifs is 1. The summed E-state index contributed by atoms with van der Waals surface area (Å²) in [5.74, 6) is 0.0326. The molecule has 1 aliphatic rings. The molecular weight excluding hydrogens is 252 g/mol. The molecule has 2 heterocycles. The van der Waals surface area contributed by atoms with Crippen LogP contribution < -0.4 is 10.6 Å². The maximum Gasteiger partial charge on any atom is 0.237 e. The molecule has 1 amide bonds. The van der Waals surface area contributed by atoms with E-state index in [0.29, 0.717) is 6.54 Å². The molecule has 2 aromatic rings. The van der Waals surface area contributed by atoms with E-state index in [1.165, 1.54) is 11.1 Å². The fourth-order valence-electron chi connectivity index (χ4n) is 2.50. The van der Waals surface area contributed by atoms with Gasteiger partial charge in [0.1, 0.15) is 0 Å². The Labute approximate surface area is 118 Å². The maximum atomic E-state index is 12.2.